The van der Waals surface area contributed by atoms with Crippen molar-refractivity contribution in [1.29, 1.82) is 0 Å². The molecular formula is C16H21N5O4S2. The van der Waals surface area contributed by atoms with Gasteiger partial charge in [0.25, 0.3) is 10.0 Å². The fourth-order valence-electron chi connectivity index (χ4n) is 2.51. The van der Waals surface area contributed by atoms with E-state index in [0.717, 1.165) is 43.6 Å². The van der Waals surface area contributed by atoms with Crippen molar-refractivity contribution in [3.8, 4) is 5.75 Å². The molecule has 0 unspecified atom stereocenters. The molecule has 9 nitrogen and oxygen atoms in total. The summed E-state index contributed by atoms with van der Waals surface area (Å²) in [5, 5.41) is 22.0. The lowest BCUT2D eigenvalue weighted by Gasteiger charge is -2.03. The quantitative estimate of drug-likeness (QED) is 0.485. The van der Waals surface area contributed by atoms with Crippen LogP contribution in [0.15, 0.2) is 28.7 Å². The van der Waals surface area contributed by atoms with Gasteiger partial charge in [-0.3, -0.25) is 4.68 Å². The number of sulfonamides is 1. The highest BCUT2D eigenvalue weighted by Gasteiger charge is 2.15. The second-order valence-corrected chi connectivity index (χ2v) is 8.82. The van der Waals surface area contributed by atoms with Crippen molar-refractivity contribution in [2.24, 2.45) is 5.14 Å². The van der Waals surface area contributed by atoms with Gasteiger partial charge >= 0.3 is 0 Å². The third-order valence-electron chi connectivity index (χ3n) is 3.85. The third kappa shape index (κ3) is 5.45. The molecule has 11 heteroatoms. The molecular weight excluding hydrogens is 390 g/mol. The Kier molecular flexibility index (Phi) is 6.37. The maximum Gasteiger partial charge on any atom is 0.265 e. The smallest absolute Gasteiger partial charge is 0.265 e. The van der Waals surface area contributed by atoms with Gasteiger partial charge in [0, 0.05) is 13.2 Å². The van der Waals surface area contributed by atoms with Crippen LogP contribution in [0.5, 0.6) is 5.75 Å². The molecule has 0 radical (unpaired) electrons. The van der Waals surface area contributed by atoms with E-state index >= 15 is 0 Å². The Morgan fingerprint density at radius 2 is 2.04 bits per heavy atom. The van der Waals surface area contributed by atoms with Crippen molar-refractivity contribution in [2.75, 3.05) is 6.61 Å². The zero-order chi connectivity index (χ0) is 19.3. The Hall–Kier alpha value is -2.08. The van der Waals surface area contributed by atoms with E-state index in [1.807, 2.05) is 6.20 Å². The number of ether oxygens (including phenoxy) is 1. The second-order valence-electron chi connectivity index (χ2n) is 6.05. The Morgan fingerprint density at radius 1 is 1.22 bits per heavy atom. The monoisotopic (exact) mass is 411 g/mol. The molecule has 0 bridgehead atoms. The lowest BCUT2D eigenvalue weighted by molar-refractivity contribution is 0.282. The number of aromatic nitrogens is 4. The highest BCUT2D eigenvalue weighted by atomic mass is 32.2. The largest absolute Gasteiger partial charge is 0.487 e. The summed E-state index contributed by atoms with van der Waals surface area (Å²) in [6.45, 7) is 1.28. The molecule has 146 valence electrons. The predicted octanol–water partition coefficient (Wildman–Crippen LogP) is 1.67. The number of rotatable bonds is 10. The Labute approximate surface area is 160 Å². The first-order valence-corrected chi connectivity index (χ1v) is 10.9. The van der Waals surface area contributed by atoms with Gasteiger partial charge < -0.3 is 9.84 Å². The molecule has 0 atom stereocenters. The molecule has 1 aromatic carbocycles. The fraction of sp³-hybridized carbons (Fsp3) is 0.438. The summed E-state index contributed by atoms with van der Waals surface area (Å²) in [5.74, 6) is 0.589. The highest BCUT2D eigenvalue weighted by molar-refractivity contribution is 7.91. The standard InChI is InChI=1S/C16H21N5O4S2/c17-27(23,24)16-18-14-6-5-13(9-15(14)26-16)25-11-12-10-21(20-19-12)7-3-1-2-4-8-22/h5-6,9-10,22H,1-4,7-8,11H2,(H2,17,23,24). The van der Waals surface area contributed by atoms with E-state index in [1.165, 1.54) is 0 Å². The molecule has 3 rings (SSSR count). The molecule has 0 spiro atoms. The van der Waals surface area contributed by atoms with Crippen LogP contribution in [-0.4, -0.2) is 40.1 Å². The van der Waals surface area contributed by atoms with Gasteiger partial charge in [-0.1, -0.05) is 18.1 Å². The van der Waals surface area contributed by atoms with Gasteiger partial charge in [0.05, 0.1) is 16.4 Å². The molecule has 3 N–H and O–H groups in total. The number of aliphatic hydroxyl groups is 1. The molecule has 0 saturated carbocycles. The number of primary sulfonamides is 1. The van der Waals surface area contributed by atoms with Crippen LogP contribution in [0, 0.1) is 0 Å². The van der Waals surface area contributed by atoms with Gasteiger partial charge in [0.15, 0.2) is 0 Å². The van der Waals surface area contributed by atoms with Gasteiger partial charge in [-0.25, -0.2) is 18.5 Å². The number of unbranched alkanes of at least 4 members (excludes halogenated alkanes) is 3. The number of hydrogen-bond donors (Lipinski definition) is 2. The van der Waals surface area contributed by atoms with Crippen molar-refractivity contribution in [3.05, 3.63) is 30.1 Å². The topological polar surface area (TPSA) is 133 Å². The summed E-state index contributed by atoms with van der Waals surface area (Å²) in [5.41, 5.74) is 1.27. The minimum atomic E-state index is -3.81. The lowest BCUT2D eigenvalue weighted by atomic mass is 10.2. The molecule has 0 saturated heterocycles. The van der Waals surface area contributed by atoms with E-state index in [9.17, 15) is 8.42 Å². The van der Waals surface area contributed by atoms with E-state index in [0.29, 0.717) is 21.7 Å². The predicted molar refractivity (Wildman–Crippen MR) is 101 cm³/mol. The number of hydrogen-bond acceptors (Lipinski definition) is 8. The van der Waals surface area contributed by atoms with Gasteiger partial charge in [-0.2, -0.15) is 0 Å². The first kappa shape index (κ1) is 19.7. The summed E-state index contributed by atoms with van der Waals surface area (Å²) >= 11 is 1.01. The van der Waals surface area contributed by atoms with E-state index < -0.39 is 10.0 Å². The van der Waals surface area contributed by atoms with Gasteiger partial charge in [0.2, 0.25) is 4.34 Å². The number of nitrogens with zero attached hydrogens (tertiary/aromatic N) is 4. The number of aryl methyl sites for hydroxylation is 1. The highest BCUT2D eigenvalue weighted by Crippen LogP contribution is 2.28. The van der Waals surface area contributed by atoms with Crippen LogP contribution in [0.4, 0.5) is 0 Å². The Bertz CT molecular complexity index is 999. The molecule has 0 fully saturated rings. The normalized spacial score (nSPS) is 11.9. The first-order chi connectivity index (χ1) is 13.0. The minimum absolute atomic E-state index is 0.114. The van der Waals surface area contributed by atoms with Crippen LogP contribution in [0.1, 0.15) is 31.4 Å². The zero-order valence-corrected chi connectivity index (χ0v) is 16.2. The molecule has 2 aromatic heterocycles. The molecule has 0 aliphatic rings. The van der Waals surface area contributed by atoms with Crippen LogP contribution in [0.25, 0.3) is 10.2 Å². The molecule has 27 heavy (non-hydrogen) atoms. The number of benzene rings is 1. The van der Waals surface area contributed by atoms with Crippen molar-refractivity contribution in [3.63, 3.8) is 0 Å². The van der Waals surface area contributed by atoms with Crippen LogP contribution in [0.3, 0.4) is 0 Å². The van der Waals surface area contributed by atoms with Crippen LogP contribution in [0.2, 0.25) is 0 Å². The van der Waals surface area contributed by atoms with Crippen molar-refractivity contribution >= 4 is 31.6 Å². The van der Waals surface area contributed by atoms with Gasteiger partial charge in [0.1, 0.15) is 18.1 Å². The average molecular weight is 412 g/mol. The fourth-order valence-corrected chi connectivity index (χ4v) is 4.19. The summed E-state index contributed by atoms with van der Waals surface area (Å²) < 4.78 is 30.9. The van der Waals surface area contributed by atoms with Crippen LogP contribution in [-0.2, 0) is 23.2 Å². The van der Waals surface area contributed by atoms with Crippen molar-refractivity contribution in [2.45, 2.75) is 43.2 Å². The Balaban J connectivity index is 1.55. The molecule has 0 amide bonds. The molecule has 3 aromatic rings. The first-order valence-electron chi connectivity index (χ1n) is 8.52. The van der Waals surface area contributed by atoms with Crippen LogP contribution >= 0.6 is 11.3 Å². The van der Waals surface area contributed by atoms with Crippen molar-refractivity contribution < 1.29 is 18.3 Å². The second kappa shape index (κ2) is 8.74. The summed E-state index contributed by atoms with van der Waals surface area (Å²) in [6, 6.07) is 5.15. The number of fused-ring (bicyclic) bond motifs is 1. The number of nitrogens with two attached hydrogens (primary N) is 1. The van der Waals surface area contributed by atoms with Crippen molar-refractivity contribution in [1.82, 2.24) is 20.0 Å². The zero-order valence-electron chi connectivity index (χ0n) is 14.6. The summed E-state index contributed by atoms with van der Waals surface area (Å²) in [6.07, 6.45) is 5.71. The molecule has 0 aliphatic heterocycles. The lowest BCUT2D eigenvalue weighted by Crippen LogP contribution is -2.11. The third-order valence-corrected chi connectivity index (χ3v) is 6.19. The summed E-state index contributed by atoms with van der Waals surface area (Å²) in [4.78, 5) is 4.00. The minimum Gasteiger partial charge on any atom is -0.487 e. The number of thiazole rings is 1. The van der Waals surface area contributed by atoms with E-state index in [4.69, 9.17) is 15.0 Å². The van der Waals surface area contributed by atoms with E-state index in [1.54, 1.807) is 22.9 Å². The van der Waals surface area contributed by atoms with E-state index in [-0.39, 0.29) is 17.6 Å². The molecule has 0 aliphatic carbocycles. The SMILES string of the molecule is NS(=O)(=O)c1nc2ccc(OCc3cn(CCCCCCO)nn3)cc2s1. The van der Waals surface area contributed by atoms with Gasteiger partial charge in [-0.05, 0) is 31.0 Å². The Morgan fingerprint density at radius 3 is 2.81 bits per heavy atom. The summed E-state index contributed by atoms with van der Waals surface area (Å²) in [7, 11) is -3.81. The molecule has 2 heterocycles. The maximum atomic E-state index is 11.4. The van der Waals surface area contributed by atoms with Gasteiger partial charge in [-0.15, -0.1) is 16.4 Å². The average Bonchev–Trinajstić information content (AvgIpc) is 3.25. The van der Waals surface area contributed by atoms with E-state index in [2.05, 4.69) is 15.3 Å². The maximum absolute atomic E-state index is 11.4. The van der Waals surface area contributed by atoms with Crippen LogP contribution < -0.4 is 9.88 Å². The number of aliphatic hydroxyl groups excluding tert-OH is 1.